The molecule has 0 aliphatic rings. The maximum absolute atomic E-state index is 12.1. The van der Waals surface area contributed by atoms with Crippen molar-refractivity contribution < 1.29 is 14.7 Å². The molecule has 0 unspecified atom stereocenters. The standard InChI is InChI=1S/C17H16O3S/c18-16(19)11-15(13-7-3-1-4-8-13)12-21-17(20)14-9-5-2-6-10-14/h1-10,15H,11-12H2,(H,18,19)/t15-/m1/s1. The van der Waals surface area contributed by atoms with E-state index in [-0.39, 0.29) is 17.5 Å². The molecular formula is C17H16O3S. The van der Waals surface area contributed by atoms with Crippen molar-refractivity contribution in [3.8, 4) is 0 Å². The summed E-state index contributed by atoms with van der Waals surface area (Å²) in [6.45, 7) is 0. The minimum Gasteiger partial charge on any atom is -0.481 e. The molecule has 1 atom stereocenters. The van der Waals surface area contributed by atoms with Crippen LogP contribution in [-0.4, -0.2) is 21.9 Å². The fraction of sp³-hybridized carbons (Fsp3) is 0.176. The van der Waals surface area contributed by atoms with Gasteiger partial charge in [-0.2, -0.15) is 0 Å². The fourth-order valence-electron chi connectivity index (χ4n) is 2.04. The van der Waals surface area contributed by atoms with Gasteiger partial charge in [-0.1, -0.05) is 72.4 Å². The Morgan fingerprint density at radius 2 is 1.52 bits per heavy atom. The predicted octanol–water partition coefficient (Wildman–Crippen LogP) is 3.82. The van der Waals surface area contributed by atoms with Crippen LogP contribution in [0.2, 0.25) is 0 Å². The van der Waals surface area contributed by atoms with E-state index in [9.17, 15) is 9.59 Å². The van der Waals surface area contributed by atoms with E-state index >= 15 is 0 Å². The van der Waals surface area contributed by atoms with Gasteiger partial charge in [0.05, 0.1) is 6.42 Å². The van der Waals surface area contributed by atoms with Crippen LogP contribution in [0.4, 0.5) is 0 Å². The topological polar surface area (TPSA) is 54.4 Å². The van der Waals surface area contributed by atoms with Crippen LogP contribution in [0, 0.1) is 0 Å². The summed E-state index contributed by atoms with van der Waals surface area (Å²) in [7, 11) is 0. The smallest absolute Gasteiger partial charge is 0.303 e. The summed E-state index contributed by atoms with van der Waals surface area (Å²) in [5, 5.41) is 9.01. The highest BCUT2D eigenvalue weighted by molar-refractivity contribution is 8.14. The van der Waals surface area contributed by atoms with Crippen LogP contribution in [0.25, 0.3) is 0 Å². The summed E-state index contributed by atoms with van der Waals surface area (Å²) in [6, 6.07) is 18.5. The highest BCUT2D eigenvalue weighted by atomic mass is 32.2. The number of rotatable bonds is 6. The van der Waals surface area contributed by atoms with Gasteiger partial charge in [-0.25, -0.2) is 0 Å². The van der Waals surface area contributed by atoms with Crippen LogP contribution in [0.5, 0.6) is 0 Å². The highest BCUT2D eigenvalue weighted by Gasteiger charge is 2.18. The van der Waals surface area contributed by atoms with Gasteiger partial charge in [-0.05, 0) is 5.56 Å². The molecule has 2 aromatic rings. The van der Waals surface area contributed by atoms with Crippen molar-refractivity contribution in [2.75, 3.05) is 5.75 Å². The van der Waals surface area contributed by atoms with Crippen molar-refractivity contribution in [2.45, 2.75) is 12.3 Å². The normalized spacial score (nSPS) is 11.8. The second-order valence-electron chi connectivity index (χ2n) is 4.67. The third-order valence-electron chi connectivity index (χ3n) is 3.12. The fourth-order valence-corrected chi connectivity index (χ4v) is 3.01. The van der Waals surface area contributed by atoms with Crippen LogP contribution in [-0.2, 0) is 4.79 Å². The van der Waals surface area contributed by atoms with E-state index in [4.69, 9.17) is 5.11 Å². The van der Waals surface area contributed by atoms with Crippen LogP contribution in [0.1, 0.15) is 28.3 Å². The van der Waals surface area contributed by atoms with Gasteiger partial charge >= 0.3 is 5.97 Å². The molecule has 108 valence electrons. The van der Waals surface area contributed by atoms with E-state index in [0.29, 0.717) is 11.3 Å². The Bertz CT molecular complexity index is 596. The average molecular weight is 300 g/mol. The maximum atomic E-state index is 12.1. The Balaban J connectivity index is 2.03. The first-order valence-corrected chi connectivity index (χ1v) is 7.64. The minimum absolute atomic E-state index is 0.0260. The average Bonchev–Trinajstić information content (AvgIpc) is 2.52. The molecule has 2 rings (SSSR count). The first-order valence-electron chi connectivity index (χ1n) is 6.65. The van der Waals surface area contributed by atoms with Gasteiger partial charge in [-0.3, -0.25) is 9.59 Å². The number of carbonyl (C=O) groups is 2. The second kappa shape index (κ2) is 7.64. The summed E-state index contributed by atoms with van der Waals surface area (Å²) in [4.78, 5) is 23.1. The van der Waals surface area contributed by atoms with Gasteiger partial charge in [0.25, 0.3) is 0 Å². The largest absolute Gasteiger partial charge is 0.481 e. The Morgan fingerprint density at radius 3 is 2.10 bits per heavy atom. The predicted molar refractivity (Wildman–Crippen MR) is 84.7 cm³/mol. The quantitative estimate of drug-likeness (QED) is 0.881. The third-order valence-corrected chi connectivity index (χ3v) is 4.18. The van der Waals surface area contributed by atoms with Gasteiger partial charge in [0.15, 0.2) is 0 Å². The lowest BCUT2D eigenvalue weighted by atomic mass is 9.98. The molecule has 0 fully saturated rings. The minimum atomic E-state index is -0.850. The van der Waals surface area contributed by atoms with Gasteiger partial charge < -0.3 is 5.11 Å². The summed E-state index contributed by atoms with van der Waals surface area (Å²) < 4.78 is 0. The molecule has 0 saturated heterocycles. The Labute approximate surface area is 128 Å². The van der Waals surface area contributed by atoms with Gasteiger partial charge in [0, 0.05) is 17.2 Å². The summed E-state index contributed by atoms with van der Waals surface area (Å²) >= 11 is 1.17. The molecule has 0 aliphatic heterocycles. The van der Waals surface area contributed by atoms with Gasteiger partial charge in [0.2, 0.25) is 5.12 Å². The molecule has 0 aliphatic carbocycles. The van der Waals surface area contributed by atoms with E-state index in [1.165, 1.54) is 11.8 Å². The third kappa shape index (κ3) is 4.76. The molecule has 0 spiro atoms. The molecule has 0 aromatic heterocycles. The monoisotopic (exact) mass is 300 g/mol. The van der Waals surface area contributed by atoms with Crippen molar-refractivity contribution in [2.24, 2.45) is 0 Å². The number of benzene rings is 2. The van der Waals surface area contributed by atoms with Crippen LogP contribution < -0.4 is 0 Å². The number of hydrogen-bond donors (Lipinski definition) is 1. The van der Waals surface area contributed by atoms with E-state index in [1.807, 2.05) is 48.5 Å². The Kier molecular flexibility index (Phi) is 5.58. The summed E-state index contributed by atoms with van der Waals surface area (Å²) in [5.41, 5.74) is 1.60. The van der Waals surface area contributed by atoms with Crippen molar-refractivity contribution in [1.29, 1.82) is 0 Å². The van der Waals surface area contributed by atoms with E-state index in [0.717, 1.165) is 5.56 Å². The first-order chi connectivity index (χ1) is 10.2. The van der Waals surface area contributed by atoms with Crippen LogP contribution in [0.15, 0.2) is 60.7 Å². The number of thioether (sulfide) groups is 1. The lowest BCUT2D eigenvalue weighted by Crippen LogP contribution is -2.10. The zero-order valence-electron chi connectivity index (χ0n) is 11.4. The maximum Gasteiger partial charge on any atom is 0.303 e. The van der Waals surface area contributed by atoms with E-state index < -0.39 is 5.97 Å². The second-order valence-corrected chi connectivity index (χ2v) is 5.66. The molecule has 0 bridgehead atoms. The van der Waals surface area contributed by atoms with Gasteiger partial charge in [0.1, 0.15) is 0 Å². The molecule has 21 heavy (non-hydrogen) atoms. The molecular weight excluding hydrogens is 284 g/mol. The Morgan fingerprint density at radius 1 is 0.952 bits per heavy atom. The van der Waals surface area contributed by atoms with E-state index in [1.54, 1.807) is 12.1 Å². The molecule has 0 saturated carbocycles. The first kappa shape index (κ1) is 15.3. The number of aliphatic carboxylic acids is 1. The SMILES string of the molecule is O=C(O)C[C@H](CSC(=O)c1ccccc1)c1ccccc1. The van der Waals surface area contributed by atoms with Crippen molar-refractivity contribution in [1.82, 2.24) is 0 Å². The highest BCUT2D eigenvalue weighted by Crippen LogP contribution is 2.26. The van der Waals surface area contributed by atoms with Crippen molar-refractivity contribution >= 4 is 22.8 Å². The summed E-state index contributed by atoms with van der Waals surface area (Å²) in [6.07, 6.45) is 0.0269. The molecule has 1 N–H and O–H groups in total. The van der Waals surface area contributed by atoms with Crippen molar-refractivity contribution in [3.63, 3.8) is 0 Å². The zero-order valence-corrected chi connectivity index (χ0v) is 12.3. The van der Waals surface area contributed by atoms with E-state index in [2.05, 4.69) is 0 Å². The lowest BCUT2D eigenvalue weighted by Gasteiger charge is -2.14. The molecule has 3 nitrogen and oxygen atoms in total. The molecule has 0 radical (unpaired) electrons. The van der Waals surface area contributed by atoms with Gasteiger partial charge in [-0.15, -0.1) is 0 Å². The number of carboxylic acid groups (broad SMARTS) is 1. The molecule has 0 amide bonds. The number of carboxylic acids is 1. The number of carbonyl (C=O) groups excluding carboxylic acids is 1. The molecule has 4 heteroatoms. The summed E-state index contributed by atoms with van der Waals surface area (Å²) in [5.74, 6) is -0.553. The van der Waals surface area contributed by atoms with Crippen LogP contribution in [0.3, 0.4) is 0 Å². The molecule has 0 heterocycles. The number of hydrogen-bond acceptors (Lipinski definition) is 3. The van der Waals surface area contributed by atoms with Crippen LogP contribution >= 0.6 is 11.8 Å². The Hall–Kier alpha value is -2.07. The molecule has 2 aromatic carbocycles. The van der Waals surface area contributed by atoms with Crippen molar-refractivity contribution in [3.05, 3.63) is 71.8 Å². The zero-order chi connectivity index (χ0) is 15.1. The lowest BCUT2D eigenvalue weighted by molar-refractivity contribution is -0.137.